The Hall–Kier alpha value is -2.25. The highest BCUT2D eigenvalue weighted by atomic mass is 16.3. The van der Waals surface area contributed by atoms with Gasteiger partial charge in [-0.3, -0.25) is 4.79 Å². The number of piperidine rings is 1. The molecule has 0 aromatic heterocycles. The number of hydrogen-bond donors (Lipinski definition) is 2. The first-order chi connectivity index (χ1) is 11.7. The summed E-state index contributed by atoms with van der Waals surface area (Å²) in [7, 11) is 1.00. The number of para-hydroxylation sites is 1. The first kappa shape index (κ1) is 21.8. The van der Waals surface area contributed by atoms with Crippen LogP contribution in [-0.4, -0.2) is 60.8 Å². The number of benzene rings is 1. The predicted octanol–water partition coefficient (Wildman–Crippen LogP) is 1.96. The van der Waals surface area contributed by atoms with E-state index >= 15 is 0 Å². The second-order valence-electron chi connectivity index (χ2n) is 4.64. The molecule has 1 atom stereocenters. The van der Waals surface area contributed by atoms with E-state index in [-0.39, 0.29) is 5.91 Å². The normalized spacial score (nSPS) is 15.9. The van der Waals surface area contributed by atoms with Crippen LogP contribution in [0.5, 0.6) is 0 Å². The van der Waals surface area contributed by atoms with Gasteiger partial charge in [-0.2, -0.15) is 15.3 Å². The van der Waals surface area contributed by atoms with Crippen LogP contribution in [0.1, 0.15) is 37.0 Å². The molecule has 1 aliphatic heterocycles. The van der Waals surface area contributed by atoms with Crippen LogP contribution in [0.25, 0.3) is 0 Å². The minimum atomic E-state index is -0.453. The van der Waals surface area contributed by atoms with E-state index < -0.39 is 6.10 Å². The van der Waals surface area contributed by atoms with Crippen molar-refractivity contribution in [2.45, 2.75) is 32.8 Å². The van der Waals surface area contributed by atoms with Crippen molar-refractivity contribution in [1.82, 2.24) is 4.90 Å². The summed E-state index contributed by atoms with van der Waals surface area (Å²) in [4.78, 5) is 14.2. The van der Waals surface area contributed by atoms with Crippen molar-refractivity contribution in [3.05, 3.63) is 29.8 Å². The molecule has 1 aromatic carbocycles. The number of aliphatic hydroxyl groups is 2. The Kier molecular flexibility index (Phi) is 11.1. The molecular weight excluding hydrogens is 308 g/mol. The monoisotopic (exact) mass is 336 g/mol. The van der Waals surface area contributed by atoms with Crippen LogP contribution < -0.4 is 5.12 Å². The van der Waals surface area contributed by atoms with Gasteiger partial charge in [-0.15, -0.1) is 0 Å². The summed E-state index contributed by atoms with van der Waals surface area (Å²) in [5.41, 5.74) is 1.00. The van der Waals surface area contributed by atoms with E-state index in [1.54, 1.807) is 29.2 Å². The van der Waals surface area contributed by atoms with Gasteiger partial charge in [-0.1, -0.05) is 26.0 Å². The van der Waals surface area contributed by atoms with Crippen LogP contribution in [-0.2, 0) is 0 Å². The highest BCUT2D eigenvalue weighted by molar-refractivity contribution is 5.99. The number of hydrogen-bond acceptors (Lipinski definition) is 6. The highest BCUT2D eigenvalue weighted by Crippen LogP contribution is 2.24. The van der Waals surface area contributed by atoms with E-state index in [4.69, 9.17) is 5.11 Å². The van der Waals surface area contributed by atoms with Crippen molar-refractivity contribution >= 4 is 25.0 Å². The average molecular weight is 336 g/mol. The third-order valence-corrected chi connectivity index (χ3v) is 3.30. The lowest BCUT2D eigenvalue weighted by molar-refractivity contribution is 0.0474. The van der Waals surface area contributed by atoms with E-state index in [1.807, 2.05) is 13.8 Å². The van der Waals surface area contributed by atoms with E-state index in [9.17, 15) is 9.90 Å². The average Bonchev–Trinajstić information content (AvgIpc) is 2.66. The number of carbonyl (C=O) groups is 1. The molecule has 7 heteroatoms. The lowest BCUT2D eigenvalue weighted by Gasteiger charge is -2.31. The van der Waals surface area contributed by atoms with Crippen molar-refractivity contribution < 1.29 is 15.0 Å². The molecule has 1 aliphatic rings. The van der Waals surface area contributed by atoms with Crippen LogP contribution in [0.4, 0.5) is 5.69 Å². The molecule has 1 fully saturated rings. The third kappa shape index (κ3) is 5.75. The summed E-state index contributed by atoms with van der Waals surface area (Å²) < 4.78 is 0. The summed E-state index contributed by atoms with van der Waals surface area (Å²) in [6, 6.07) is 7.01. The molecule has 1 aromatic rings. The molecule has 2 rings (SSSR count). The molecular formula is C17H28N4O3. The van der Waals surface area contributed by atoms with E-state index in [2.05, 4.69) is 23.6 Å². The number of aliphatic hydroxyl groups excluding tert-OH is 2. The Balaban J connectivity index is 0.00000123. The zero-order chi connectivity index (χ0) is 18.5. The zero-order valence-corrected chi connectivity index (χ0v) is 14.7. The van der Waals surface area contributed by atoms with Gasteiger partial charge in [-0.05, 0) is 25.0 Å². The standard InChI is InChI=1S/C14H18N4O2.C2H6.CH4O/c1-15-18(16-2)13-8-4-3-7-12(13)14(20)17-9-5-6-11(19)10-17;2*1-2/h3-4,7-8,11,19H,1-2,5-6,9-10H2;1-2H3;2H,1H3. The molecule has 0 bridgehead atoms. The quantitative estimate of drug-likeness (QED) is 0.650. The molecule has 1 amide bonds. The van der Waals surface area contributed by atoms with Gasteiger partial charge >= 0.3 is 0 Å². The zero-order valence-electron chi connectivity index (χ0n) is 14.7. The molecule has 1 saturated heterocycles. The molecule has 0 spiro atoms. The lowest BCUT2D eigenvalue weighted by atomic mass is 10.1. The van der Waals surface area contributed by atoms with E-state index in [0.29, 0.717) is 24.3 Å². The Morgan fingerprint density at radius 2 is 1.83 bits per heavy atom. The van der Waals surface area contributed by atoms with Gasteiger partial charge in [0.2, 0.25) is 0 Å². The van der Waals surface area contributed by atoms with Gasteiger partial charge in [0, 0.05) is 33.6 Å². The fourth-order valence-electron chi connectivity index (χ4n) is 2.34. The van der Waals surface area contributed by atoms with E-state index in [1.165, 1.54) is 5.12 Å². The predicted molar refractivity (Wildman–Crippen MR) is 98.7 cm³/mol. The maximum absolute atomic E-state index is 12.6. The minimum Gasteiger partial charge on any atom is -0.400 e. The van der Waals surface area contributed by atoms with Crippen LogP contribution in [0.3, 0.4) is 0 Å². The first-order valence-electron chi connectivity index (χ1n) is 7.92. The van der Waals surface area contributed by atoms with Crippen LogP contribution >= 0.6 is 0 Å². The van der Waals surface area contributed by atoms with Crippen LogP contribution in [0.2, 0.25) is 0 Å². The Morgan fingerprint density at radius 1 is 1.25 bits per heavy atom. The molecule has 1 heterocycles. The van der Waals surface area contributed by atoms with Crippen molar-refractivity contribution in [2.75, 3.05) is 25.3 Å². The molecule has 0 radical (unpaired) electrons. The van der Waals surface area contributed by atoms with Gasteiger partial charge in [-0.25, -0.2) is 0 Å². The number of hydrazone groups is 2. The number of nitrogens with zero attached hydrogens (tertiary/aromatic N) is 4. The fourth-order valence-corrected chi connectivity index (χ4v) is 2.34. The number of β-amino-alcohol motifs (C(OH)–C–C–N with tert-alkyl or cyclic N) is 1. The first-order valence-corrected chi connectivity index (χ1v) is 7.92. The van der Waals surface area contributed by atoms with Gasteiger partial charge < -0.3 is 15.1 Å². The number of likely N-dealkylation sites (tertiary alicyclic amines) is 1. The molecule has 0 aliphatic carbocycles. The van der Waals surface area contributed by atoms with Crippen LogP contribution in [0, 0.1) is 0 Å². The largest absolute Gasteiger partial charge is 0.400 e. The van der Waals surface area contributed by atoms with Crippen molar-refractivity contribution in [3.8, 4) is 0 Å². The molecule has 2 N–H and O–H groups in total. The summed E-state index contributed by atoms with van der Waals surface area (Å²) in [6.07, 6.45) is 1.09. The SMILES string of the molecule is C=NN(N=C)c1ccccc1C(=O)N1CCCC(O)C1.CC.CO. The van der Waals surface area contributed by atoms with Crippen LogP contribution in [0.15, 0.2) is 34.5 Å². The van der Waals surface area contributed by atoms with Gasteiger partial charge in [0.1, 0.15) is 0 Å². The van der Waals surface area contributed by atoms with Crippen molar-refractivity contribution in [3.63, 3.8) is 0 Å². The summed E-state index contributed by atoms with van der Waals surface area (Å²) in [5, 5.41) is 25.3. The summed E-state index contributed by atoms with van der Waals surface area (Å²) >= 11 is 0. The molecule has 134 valence electrons. The maximum atomic E-state index is 12.6. The van der Waals surface area contributed by atoms with Gasteiger partial charge in [0.05, 0.1) is 17.4 Å². The molecule has 24 heavy (non-hydrogen) atoms. The van der Waals surface area contributed by atoms with Crippen molar-refractivity contribution in [2.24, 2.45) is 10.2 Å². The minimum absolute atomic E-state index is 0.142. The second-order valence-corrected chi connectivity index (χ2v) is 4.64. The summed E-state index contributed by atoms with van der Waals surface area (Å²) in [5.74, 6) is -0.142. The topological polar surface area (TPSA) is 88.7 Å². The second kappa shape index (κ2) is 12.2. The Bertz CT molecular complexity index is 514. The third-order valence-electron chi connectivity index (χ3n) is 3.30. The van der Waals surface area contributed by atoms with Gasteiger partial charge in [0.15, 0.2) is 0 Å². The lowest BCUT2D eigenvalue weighted by Crippen LogP contribution is -2.42. The van der Waals surface area contributed by atoms with Crippen molar-refractivity contribution in [1.29, 1.82) is 0 Å². The number of carbonyl (C=O) groups excluding carboxylic acids is 1. The molecule has 1 unspecified atom stereocenters. The smallest absolute Gasteiger partial charge is 0.256 e. The number of anilines is 1. The highest BCUT2D eigenvalue weighted by Gasteiger charge is 2.25. The number of rotatable bonds is 4. The number of amides is 1. The Morgan fingerprint density at radius 3 is 2.38 bits per heavy atom. The fraction of sp³-hybridized carbons (Fsp3) is 0.471. The maximum Gasteiger partial charge on any atom is 0.256 e. The molecule has 0 saturated carbocycles. The Labute approximate surface area is 143 Å². The summed E-state index contributed by atoms with van der Waals surface area (Å²) in [6.45, 7) is 11.8. The van der Waals surface area contributed by atoms with Gasteiger partial charge in [0.25, 0.3) is 5.91 Å². The molecule has 7 nitrogen and oxygen atoms in total. The van der Waals surface area contributed by atoms with E-state index in [0.717, 1.165) is 20.0 Å².